The highest BCUT2D eigenvalue weighted by atomic mass is 32.2. The first-order chi connectivity index (χ1) is 8.18. The average Bonchev–Trinajstić information content (AvgIpc) is 2.73. The summed E-state index contributed by atoms with van der Waals surface area (Å²) < 4.78 is 28.2. The Morgan fingerprint density at radius 2 is 2.11 bits per heavy atom. The monoisotopic (exact) mass is 277 g/mol. The van der Waals surface area contributed by atoms with Crippen LogP contribution in [0.1, 0.15) is 26.7 Å². The molecule has 2 atom stereocenters. The Kier molecular flexibility index (Phi) is 2.90. The predicted octanol–water partition coefficient (Wildman–Crippen LogP) is -0.431. The third kappa shape index (κ3) is 1.71. The summed E-state index contributed by atoms with van der Waals surface area (Å²) in [5, 5.41) is 8.75. The highest BCUT2D eigenvalue weighted by Gasteiger charge is 2.60. The van der Waals surface area contributed by atoms with Crippen molar-refractivity contribution in [3.8, 4) is 0 Å². The lowest BCUT2D eigenvalue weighted by molar-refractivity contribution is -0.149. The highest BCUT2D eigenvalue weighted by molar-refractivity contribution is 7.94. The molecule has 1 amide bonds. The van der Waals surface area contributed by atoms with E-state index in [0.717, 1.165) is 4.31 Å². The second kappa shape index (κ2) is 3.92. The molecule has 2 unspecified atom stereocenters. The third-order valence-corrected chi connectivity index (χ3v) is 5.79. The van der Waals surface area contributed by atoms with Crippen molar-refractivity contribution in [1.29, 1.82) is 0 Å². The summed E-state index contributed by atoms with van der Waals surface area (Å²) in [5.74, 6) is -1.53. The van der Waals surface area contributed by atoms with Gasteiger partial charge in [-0.05, 0) is 26.7 Å². The lowest BCUT2D eigenvalue weighted by Gasteiger charge is -2.43. The fraction of sp³-hybridized carbons (Fsp3) is 0.800. The number of ether oxygens (including phenoxy) is 1. The Morgan fingerprint density at radius 3 is 2.56 bits per heavy atom. The van der Waals surface area contributed by atoms with Crippen molar-refractivity contribution < 1.29 is 27.9 Å². The second-order valence-corrected chi connectivity index (χ2v) is 7.43. The van der Waals surface area contributed by atoms with Crippen LogP contribution in [0.15, 0.2) is 0 Å². The van der Waals surface area contributed by atoms with E-state index in [4.69, 9.17) is 9.84 Å². The van der Waals surface area contributed by atoms with Gasteiger partial charge >= 0.3 is 5.97 Å². The molecule has 0 spiro atoms. The third-order valence-electron chi connectivity index (χ3n) is 3.43. The minimum absolute atomic E-state index is 0.0889. The standard InChI is InChI=1S/C10H15NO6S/c1-10(2)9(14)11(18(10,15)16)5-6-3-4-7(17-6)8(12)13/h6-7H,3-5H2,1-2H3,(H,12,13). The second-order valence-electron chi connectivity index (χ2n) is 5.01. The van der Waals surface area contributed by atoms with E-state index in [1.54, 1.807) is 0 Å². The van der Waals surface area contributed by atoms with Crippen LogP contribution in [0.2, 0.25) is 0 Å². The van der Waals surface area contributed by atoms with Crippen molar-refractivity contribution in [3.05, 3.63) is 0 Å². The predicted molar refractivity (Wildman–Crippen MR) is 60.2 cm³/mol. The van der Waals surface area contributed by atoms with Gasteiger partial charge in [-0.1, -0.05) is 0 Å². The number of carboxylic acids is 1. The fourth-order valence-electron chi connectivity index (χ4n) is 2.14. The average molecular weight is 277 g/mol. The maximum Gasteiger partial charge on any atom is 0.332 e. The van der Waals surface area contributed by atoms with Crippen molar-refractivity contribution in [2.75, 3.05) is 6.54 Å². The molecular weight excluding hydrogens is 262 g/mol. The zero-order chi connectivity index (χ0) is 13.7. The molecule has 0 aliphatic carbocycles. The number of carboxylic acid groups (broad SMARTS) is 1. The van der Waals surface area contributed by atoms with Gasteiger partial charge in [0.2, 0.25) is 0 Å². The molecule has 0 radical (unpaired) electrons. The van der Waals surface area contributed by atoms with Gasteiger partial charge in [0.15, 0.2) is 10.9 Å². The molecule has 0 aromatic rings. The van der Waals surface area contributed by atoms with Crippen molar-refractivity contribution >= 4 is 21.9 Å². The van der Waals surface area contributed by atoms with E-state index in [2.05, 4.69) is 0 Å². The lowest BCUT2D eigenvalue weighted by atomic mass is 10.1. The van der Waals surface area contributed by atoms with Crippen molar-refractivity contribution in [3.63, 3.8) is 0 Å². The van der Waals surface area contributed by atoms with Crippen LogP contribution in [0.25, 0.3) is 0 Å². The van der Waals surface area contributed by atoms with E-state index in [1.165, 1.54) is 13.8 Å². The Hall–Kier alpha value is -1.15. The van der Waals surface area contributed by atoms with Crippen LogP contribution in [-0.2, 0) is 24.3 Å². The van der Waals surface area contributed by atoms with Crippen LogP contribution >= 0.6 is 0 Å². The zero-order valence-electron chi connectivity index (χ0n) is 10.1. The van der Waals surface area contributed by atoms with Gasteiger partial charge in [-0.3, -0.25) is 4.79 Å². The Bertz CT molecular complexity index is 496. The van der Waals surface area contributed by atoms with E-state index in [9.17, 15) is 18.0 Å². The van der Waals surface area contributed by atoms with Crippen LogP contribution in [0, 0.1) is 0 Å². The van der Waals surface area contributed by atoms with Crippen LogP contribution in [0.4, 0.5) is 0 Å². The van der Waals surface area contributed by atoms with E-state index in [1.807, 2.05) is 0 Å². The quantitative estimate of drug-likeness (QED) is 0.751. The number of hydrogen-bond acceptors (Lipinski definition) is 5. The summed E-state index contributed by atoms with van der Waals surface area (Å²) in [5.41, 5.74) is 0. The fourth-order valence-corrected chi connectivity index (χ4v) is 3.70. The molecule has 0 aromatic carbocycles. The van der Waals surface area contributed by atoms with E-state index < -0.39 is 38.9 Å². The number of carbonyl (C=O) groups is 2. The van der Waals surface area contributed by atoms with Crippen LogP contribution < -0.4 is 0 Å². The first kappa shape index (κ1) is 13.3. The molecule has 2 heterocycles. The number of aliphatic carboxylic acids is 1. The lowest BCUT2D eigenvalue weighted by Crippen LogP contribution is -2.68. The van der Waals surface area contributed by atoms with Crippen molar-refractivity contribution in [2.45, 2.75) is 43.6 Å². The van der Waals surface area contributed by atoms with E-state index in [-0.39, 0.29) is 6.54 Å². The Labute approximate surface area is 105 Å². The molecule has 0 aromatic heterocycles. The molecule has 0 saturated carbocycles. The first-order valence-corrected chi connectivity index (χ1v) is 7.07. The zero-order valence-corrected chi connectivity index (χ0v) is 10.9. The summed E-state index contributed by atoms with van der Waals surface area (Å²) >= 11 is 0. The van der Waals surface area contributed by atoms with Gasteiger partial charge in [-0.2, -0.15) is 0 Å². The maximum atomic E-state index is 11.8. The van der Waals surface area contributed by atoms with Gasteiger partial charge in [0, 0.05) is 0 Å². The number of amides is 1. The van der Waals surface area contributed by atoms with Gasteiger partial charge < -0.3 is 9.84 Å². The van der Waals surface area contributed by atoms with Crippen molar-refractivity contribution in [2.24, 2.45) is 0 Å². The molecule has 2 aliphatic rings. The summed E-state index contributed by atoms with van der Waals surface area (Å²) in [7, 11) is -3.62. The molecular formula is C10H15NO6S. The SMILES string of the molecule is CC1(C)C(=O)N(CC2CCC(C(=O)O)O2)S1(=O)=O. The Balaban J connectivity index is 2.01. The molecule has 7 nitrogen and oxygen atoms in total. The summed E-state index contributed by atoms with van der Waals surface area (Å²) in [6.07, 6.45) is -0.648. The van der Waals surface area contributed by atoms with Gasteiger partial charge in [0.25, 0.3) is 15.9 Å². The maximum absolute atomic E-state index is 11.8. The minimum atomic E-state index is -3.62. The number of carbonyl (C=O) groups excluding carboxylic acids is 1. The Morgan fingerprint density at radius 1 is 1.50 bits per heavy atom. The number of nitrogens with zero attached hydrogens (tertiary/aromatic N) is 1. The molecule has 0 bridgehead atoms. The normalized spacial score (nSPS) is 33.2. The highest BCUT2D eigenvalue weighted by Crippen LogP contribution is 2.36. The molecule has 2 aliphatic heterocycles. The molecule has 1 N–H and O–H groups in total. The van der Waals surface area contributed by atoms with E-state index in [0.29, 0.717) is 12.8 Å². The topological polar surface area (TPSA) is 101 Å². The van der Waals surface area contributed by atoms with Gasteiger partial charge in [-0.15, -0.1) is 0 Å². The number of hydrogen-bond donors (Lipinski definition) is 1. The number of sulfonamides is 1. The summed E-state index contributed by atoms with van der Waals surface area (Å²) in [6.45, 7) is 2.63. The van der Waals surface area contributed by atoms with Gasteiger partial charge in [-0.25, -0.2) is 17.5 Å². The van der Waals surface area contributed by atoms with E-state index >= 15 is 0 Å². The van der Waals surface area contributed by atoms with Crippen LogP contribution in [0.3, 0.4) is 0 Å². The number of rotatable bonds is 3. The molecule has 102 valence electrons. The molecule has 2 rings (SSSR count). The smallest absolute Gasteiger partial charge is 0.332 e. The molecule has 2 saturated heterocycles. The van der Waals surface area contributed by atoms with Crippen LogP contribution in [-0.4, -0.2) is 53.2 Å². The first-order valence-electron chi connectivity index (χ1n) is 5.63. The molecule has 18 heavy (non-hydrogen) atoms. The largest absolute Gasteiger partial charge is 0.479 e. The summed E-state index contributed by atoms with van der Waals surface area (Å²) in [4.78, 5) is 22.4. The minimum Gasteiger partial charge on any atom is -0.479 e. The van der Waals surface area contributed by atoms with Gasteiger partial charge in [0.05, 0.1) is 12.6 Å². The van der Waals surface area contributed by atoms with Gasteiger partial charge in [0.1, 0.15) is 0 Å². The van der Waals surface area contributed by atoms with Crippen LogP contribution in [0.5, 0.6) is 0 Å². The van der Waals surface area contributed by atoms with Crippen molar-refractivity contribution in [1.82, 2.24) is 4.31 Å². The molecule has 8 heteroatoms. The molecule has 2 fully saturated rings. The summed E-state index contributed by atoms with van der Waals surface area (Å²) in [6, 6.07) is 0.